The molecule has 33 nitrogen and oxygen atoms in total. The number of rotatable bonds is 11. The van der Waals surface area contributed by atoms with Gasteiger partial charge in [-0.25, -0.2) is 28.7 Å². The van der Waals surface area contributed by atoms with Crippen LogP contribution in [0.15, 0.2) is 76.8 Å². The van der Waals surface area contributed by atoms with Crippen LogP contribution in [0.3, 0.4) is 0 Å². The number of phosphoric acid groups is 2. The molecule has 5 aliphatic rings. The van der Waals surface area contributed by atoms with E-state index in [0.717, 1.165) is 21.8 Å². The van der Waals surface area contributed by atoms with E-state index in [-0.39, 0.29) is 81.4 Å². The summed E-state index contributed by atoms with van der Waals surface area (Å²) in [6.45, 7) is -1.69. The van der Waals surface area contributed by atoms with Crippen molar-refractivity contribution in [3.8, 4) is 23.0 Å². The summed E-state index contributed by atoms with van der Waals surface area (Å²) >= 11 is 0. The van der Waals surface area contributed by atoms with Crippen LogP contribution in [0.25, 0.3) is 22.3 Å². The third-order valence-electron chi connectivity index (χ3n) is 14.3. The van der Waals surface area contributed by atoms with Gasteiger partial charge in [0.2, 0.25) is 11.9 Å². The lowest BCUT2D eigenvalue weighted by Crippen LogP contribution is -2.42. The topological polar surface area (TPSA) is 473 Å². The first-order valence-corrected chi connectivity index (χ1v) is 28.4. The molecular formula is C48H48N12O21P2. The lowest BCUT2D eigenvalue weighted by atomic mass is 9.77. The molecule has 2 amide bonds. The van der Waals surface area contributed by atoms with Crippen molar-refractivity contribution in [3.05, 3.63) is 116 Å². The van der Waals surface area contributed by atoms with Gasteiger partial charge < -0.3 is 70.9 Å². The number of phenols is 2. The highest BCUT2D eigenvalue weighted by Gasteiger charge is 2.57. The number of esters is 1. The number of hydrogen-bond donors (Lipinski definition) is 11. The number of fused-ring (bicyclic) bond motifs is 10. The zero-order valence-electron chi connectivity index (χ0n) is 42.6. The number of phenolic OH excluding ortho intramolecular Hbond substituents is 2. The summed E-state index contributed by atoms with van der Waals surface area (Å²) < 4.78 is 81.3. The number of ether oxygens (including phenoxy) is 5. The highest BCUT2D eigenvalue weighted by molar-refractivity contribution is 7.47. The number of unbranched alkanes of at least 4 members (excludes halogenated alkanes) is 3. The maximum Gasteiger partial charge on any atom is 0.472 e. The Bertz CT molecular complexity index is 3950. The van der Waals surface area contributed by atoms with Crippen molar-refractivity contribution in [2.75, 3.05) is 37.8 Å². The van der Waals surface area contributed by atoms with Crippen molar-refractivity contribution in [1.29, 1.82) is 0 Å². The molecule has 0 saturated carbocycles. The van der Waals surface area contributed by atoms with E-state index < -0.39 is 113 Å². The normalized spacial score (nSPS) is 27.0. The number of aliphatic hydroxyl groups is 1. The van der Waals surface area contributed by atoms with Gasteiger partial charge in [-0.05, 0) is 49.2 Å². The molecule has 0 aliphatic carbocycles. The standard InChI is InChI=1S/C48H48N12O21P2/c49-45-55-37-31(40(65)57-45)53-18-59(37)42-33(63)34-29(76-42)16-73-83(71,72)81-35-30(17-74-82(69,70)80-34)77-43(60-19-54-32-38(60)56-46(50)58-41(32)66)36(35)78-47(68)52-12-4-2-1-3-11-51-39(64)20-5-8-24-23(13-20)44(67)79-48(24)25-9-6-21(61)14-27(25)75-28-15-22(62)7-10-26(28)48/h5-10,13-15,18-19,29-30,33-36,42-43,61-63H,1-4,11-12,16-17H2,(H,51,64)(H,52,68)(H,69,70)(H,71,72)(H3,49,55,57,65)(H3,50,56,58,66)/t29-,30-,33-,34-,35-,36-,42-,43-/m1/s1. The molecule has 3 saturated heterocycles. The Morgan fingerprint density at radius 1 is 0.723 bits per heavy atom. The second kappa shape index (κ2) is 21.1. The highest BCUT2D eigenvalue weighted by Crippen LogP contribution is 2.58. The van der Waals surface area contributed by atoms with Gasteiger partial charge in [-0.2, -0.15) is 9.97 Å². The molecule has 5 aliphatic heterocycles. The number of nitrogens with two attached hydrogens (primary N) is 2. The molecule has 3 fully saturated rings. The molecular weight excluding hydrogens is 1140 g/mol. The molecule has 13 N–H and O–H groups in total. The fourth-order valence-electron chi connectivity index (χ4n) is 10.6. The number of nitrogens with one attached hydrogen (secondary N) is 4. The Morgan fingerprint density at radius 3 is 1.86 bits per heavy atom. The minimum atomic E-state index is -5.35. The van der Waals surface area contributed by atoms with Crippen LogP contribution >= 0.6 is 15.6 Å². The van der Waals surface area contributed by atoms with Gasteiger partial charge in [-0.3, -0.25) is 51.6 Å². The maximum absolute atomic E-state index is 13.9. The molecule has 35 heteroatoms. The number of hydrogen-bond acceptors (Lipinski definition) is 25. The first kappa shape index (κ1) is 55.2. The lowest BCUT2D eigenvalue weighted by Gasteiger charge is -2.36. The van der Waals surface area contributed by atoms with Crippen LogP contribution in [0, 0.1) is 0 Å². The van der Waals surface area contributed by atoms with Gasteiger partial charge in [-0.15, -0.1) is 0 Å². The number of aromatic hydroxyl groups is 2. The number of carbonyl (C=O) groups is 3. The van der Waals surface area contributed by atoms with Gasteiger partial charge in [-0.1, -0.05) is 18.9 Å². The second-order valence-corrected chi connectivity index (χ2v) is 22.4. The predicted octanol–water partition coefficient (Wildman–Crippen LogP) is 1.66. The zero-order chi connectivity index (χ0) is 58.3. The lowest BCUT2D eigenvalue weighted by molar-refractivity contribution is -0.0664. The third kappa shape index (κ3) is 10.2. The van der Waals surface area contributed by atoms with E-state index in [2.05, 4.69) is 40.5 Å². The summed E-state index contributed by atoms with van der Waals surface area (Å²) in [6.07, 6.45) is -10.8. The zero-order valence-corrected chi connectivity index (χ0v) is 44.4. The van der Waals surface area contributed by atoms with Crippen molar-refractivity contribution < 1.29 is 90.4 Å². The number of aromatic amines is 2. The van der Waals surface area contributed by atoms with Gasteiger partial charge in [0, 0.05) is 47.5 Å². The van der Waals surface area contributed by atoms with Crippen molar-refractivity contribution in [2.45, 2.75) is 80.4 Å². The van der Waals surface area contributed by atoms with Crippen LogP contribution in [0.5, 0.6) is 23.0 Å². The molecule has 9 heterocycles. The first-order valence-electron chi connectivity index (χ1n) is 25.4. The van der Waals surface area contributed by atoms with Gasteiger partial charge in [0.25, 0.3) is 17.0 Å². The van der Waals surface area contributed by atoms with E-state index in [4.69, 9.17) is 53.2 Å². The summed E-state index contributed by atoms with van der Waals surface area (Å²) in [6, 6.07) is 13.4. The number of aliphatic hydroxyl groups excluding tert-OH is 1. The number of phosphoric ester groups is 2. The number of anilines is 2. The van der Waals surface area contributed by atoms with Crippen molar-refractivity contribution in [3.63, 3.8) is 0 Å². The minimum Gasteiger partial charge on any atom is -0.508 e. The van der Waals surface area contributed by atoms with Gasteiger partial charge in [0.1, 0.15) is 53.5 Å². The SMILES string of the molecule is Nc1nc2c(ncn2[C@@H]2O[C@@H]3COP(=O)(O)O[C@H]4[C@@H](OC(=O)NCCCCCCNC(=O)c5ccc6c(c5)C(=O)OC65c6ccc(O)cc6Oc6cc(O)ccc65)[C@H](n5cnc6c(=O)[nH]c(N)nc65)O[C@@H]4COP(=O)(O)O[C@H]3[C@H]2O)c(=O)[nH]1. The summed E-state index contributed by atoms with van der Waals surface area (Å²) in [5, 5.41) is 37.3. The number of aromatic nitrogens is 8. The van der Waals surface area contributed by atoms with Crippen molar-refractivity contribution in [1.82, 2.24) is 49.7 Å². The summed E-state index contributed by atoms with van der Waals surface area (Å²) in [5.41, 5.74) is 9.33. The number of benzene rings is 3. The number of nitrogen functional groups attached to an aromatic ring is 2. The van der Waals surface area contributed by atoms with Crippen LogP contribution in [0.2, 0.25) is 0 Å². The van der Waals surface area contributed by atoms with Crippen LogP contribution in [0.4, 0.5) is 16.7 Å². The monoisotopic (exact) mass is 1190 g/mol. The predicted molar refractivity (Wildman–Crippen MR) is 277 cm³/mol. The van der Waals surface area contributed by atoms with Crippen LogP contribution in [-0.2, 0) is 51.8 Å². The van der Waals surface area contributed by atoms with Gasteiger partial charge >= 0.3 is 27.7 Å². The number of amides is 2. The van der Waals surface area contributed by atoms with Gasteiger partial charge in [0.15, 0.2) is 46.5 Å². The molecule has 12 rings (SSSR count). The molecule has 7 aromatic rings. The van der Waals surface area contributed by atoms with E-state index in [1.807, 2.05) is 0 Å². The van der Waals surface area contributed by atoms with Crippen LogP contribution in [0.1, 0.15) is 75.5 Å². The maximum atomic E-state index is 13.9. The molecule has 1 spiro atoms. The average Bonchev–Trinajstić information content (AvgIpc) is 2.02. The third-order valence-corrected chi connectivity index (χ3v) is 16.3. The second-order valence-electron chi connectivity index (χ2n) is 19.6. The first-order chi connectivity index (χ1) is 39.7. The van der Waals surface area contributed by atoms with Crippen LogP contribution in [-0.4, -0.2) is 145 Å². The molecule has 10 atom stereocenters. The van der Waals surface area contributed by atoms with Crippen molar-refractivity contribution >= 4 is 67.8 Å². The van der Waals surface area contributed by atoms with E-state index >= 15 is 0 Å². The molecule has 2 unspecified atom stereocenters. The van der Waals surface area contributed by atoms with E-state index in [1.165, 1.54) is 30.3 Å². The average molecular weight is 1190 g/mol. The fraction of sp³-hybridized carbons (Fsp3) is 0.354. The Balaban J connectivity index is 0.689. The fourth-order valence-corrected chi connectivity index (χ4v) is 12.5. The highest BCUT2D eigenvalue weighted by atomic mass is 31.2. The Kier molecular flexibility index (Phi) is 14.1. The Hall–Kier alpha value is -8.33. The summed E-state index contributed by atoms with van der Waals surface area (Å²) in [5.74, 6) is -1.62. The van der Waals surface area contributed by atoms with Crippen LogP contribution < -0.4 is 38.0 Å². The largest absolute Gasteiger partial charge is 0.508 e. The molecule has 4 aromatic heterocycles. The number of alkyl carbamates (subject to hydrolysis) is 1. The molecule has 3 aromatic carbocycles. The number of imidazole rings is 2. The van der Waals surface area contributed by atoms with E-state index in [0.29, 0.717) is 42.4 Å². The number of nitrogens with zero attached hydrogens (tertiary/aromatic N) is 6. The Labute approximate surface area is 463 Å². The quantitative estimate of drug-likeness (QED) is 0.0498. The minimum absolute atomic E-state index is 0.0237. The van der Waals surface area contributed by atoms with Gasteiger partial charge in [0.05, 0.1) is 31.4 Å². The summed E-state index contributed by atoms with van der Waals surface area (Å²) in [7, 11) is -10.6. The van der Waals surface area contributed by atoms with E-state index in [1.54, 1.807) is 24.3 Å². The molecule has 436 valence electrons. The Morgan fingerprint density at radius 2 is 1.25 bits per heavy atom. The van der Waals surface area contributed by atoms with E-state index in [9.17, 15) is 58.2 Å². The molecule has 0 radical (unpaired) electrons. The molecule has 0 bridgehead atoms. The summed E-state index contributed by atoms with van der Waals surface area (Å²) in [4.78, 5) is 109. The number of H-pyrrole nitrogens is 2. The van der Waals surface area contributed by atoms with Crippen molar-refractivity contribution in [2.24, 2.45) is 0 Å². The number of carbonyl (C=O) groups excluding carboxylic acids is 3. The molecule has 83 heavy (non-hydrogen) atoms. The smallest absolute Gasteiger partial charge is 0.472 e.